The Kier molecular flexibility index (Phi) is 8.00. The predicted molar refractivity (Wildman–Crippen MR) is 158 cm³/mol. The number of aryl methyl sites for hydroxylation is 2. The normalized spacial score (nSPS) is 12.5. The van der Waals surface area contributed by atoms with Crippen LogP contribution in [-0.2, 0) is 0 Å². The highest BCUT2D eigenvalue weighted by Gasteiger charge is 2.24. The number of rotatable bonds is 9. The molecule has 42 heavy (non-hydrogen) atoms. The maximum Gasteiger partial charge on any atom is 0.173 e. The smallest absolute Gasteiger partial charge is 0.173 e. The van der Waals surface area contributed by atoms with Gasteiger partial charge < -0.3 is 15.1 Å². The number of nitrogens with zero attached hydrogens (tertiary/aromatic N) is 11. The molecule has 214 valence electrons. The third-order valence-corrected chi connectivity index (χ3v) is 6.95. The largest absolute Gasteiger partial charge is 0.508 e. The first-order valence-corrected chi connectivity index (χ1v) is 13.3. The predicted octanol–water partition coefficient (Wildman–Crippen LogP) is 3.48. The average Bonchev–Trinajstić information content (AvgIpc) is 3.60. The second kappa shape index (κ2) is 12.0. The lowest BCUT2D eigenvalue weighted by Crippen LogP contribution is -2.25. The first kappa shape index (κ1) is 28.1. The Morgan fingerprint density at radius 2 is 1.29 bits per heavy atom. The lowest BCUT2D eigenvalue weighted by molar-refractivity contribution is 0.458. The van der Waals surface area contributed by atoms with Gasteiger partial charge in [-0.25, -0.2) is 0 Å². The summed E-state index contributed by atoms with van der Waals surface area (Å²) in [5.74, 6) is 0.669. The molecule has 0 bridgehead atoms. The van der Waals surface area contributed by atoms with Crippen LogP contribution in [0.4, 0.5) is 5.69 Å². The Bertz CT molecular complexity index is 1660. The summed E-state index contributed by atoms with van der Waals surface area (Å²) in [5.41, 5.74) is 4.47. The number of anilines is 1. The molecule has 0 atom stereocenters. The number of aromatic nitrogens is 8. The van der Waals surface area contributed by atoms with Crippen molar-refractivity contribution < 1.29 is 10.2 Å². The number of hydrogen-bond acceptors (Lipinski definition) is 11. The van der Waals surface area contributed by atoms with Crippen molar-refractivity contribution in [2.24, 2.45) is 10.2 Å². The van der Waals surface area contributed by atoms with Crippen molar-refractivity contribution in [1.29, 1.82) is 0 Å². The van der Waals surface area contributed by atoms with Gasteiger partial charge in [0, 0.05) is 35.8 Å². The van der Waals surface area contributed by atoms with Crippen LogP contribution in [0.25, 0.3) is 0 Å². The highest BCUT2D eigenvalue weighted by atomic mass is 16.3. The second-order valence-electron chi connectivity index (χ2n) is 10.1. The average molecular weight is 566 g/mol. The van der Waals surface area contributed by atoms with E-state index >= 15 is 0 Å². The minimum absolute atomic E-state index is 0.0705. The van der Waals surface area contributed by atoms with E-state index in [1.807, 2.05) is 37.4 Å². The van der Waals surface area contributed by atoms with Gasteiger partial charge >= 0.3 is 0 Å². The van der Waals surface area contributed by atoms with E-state index < -0.39 is 5.92 Å². The number of phenolic OH excluding ortho intramolecular Hbond substituents is 2. The molecular weight excluding hydrogens is 534 g/mol. The second-order valence-corrected chi connectivity index (χ2v) is 10.1. The molecular formula is C29H31N11O2. The van der Waals surface area contributed by atoms with E-state index in [9.17, 15) is 10.2 Å². The SMILES string of the molecule is Cc1nnnn1N=Cc1ccc(O)c(C(c2cccc(N(C)C(C)C)c2)c2cc(C=Nn3nnnc3C)ccc2O)c1. The molecule has 0 aliphatic rings. The molecule has 0 aliphatic heterocycles. The summed E-state index contributed by atoms with van der Waals surface area (Å²) in [6.07, 6.45) is 3.23. The Morgan fingerprint density at radius 3 is 1.74 bits per heavy atom. The molecule has 0 radical (unpaired) electrons. The quantitative estimate of drug-likeness (QED) is 0.202. The van der Waals surface area contributed by atoms with Crippen molar-refractivity contribution in [3.8, 4) is 11.5 Å². The van der Waals surface area contributed by atoms with Gasteiger partial charge in [-0.2, -0.15) is 10.2 Å². The number of hydrogen-bond donors (Lipinski definition) is 2. The van der Waals surface area contributed by atoms with Gasteiger partial charge in [-0.15, -0.1) is 19.8 Å². The van der Waals surface area contributed by atoms with E-state index in [0.717, 1.165) is 11.3 Å². The standard InChI is InChI=1S/C29H31N11O2/c1-18(2)38(5)24-8-6-7-23(15-24)29(25-13-21(9-11-27(25)41)16-30-39-19(3)32-34-36-39)26-14-22(10-12-28(26)42)17-31-40-20(4)33-35-37-40/h6-18,29,41-42H,1-5H3. The Labute approximate surface area is 242 Å². The fraction of sp³-hybridized carbons (Fsp3) is 0.241. The lowest BCUT2D eigenvalue weighted by atomic mass is 9.82. The molecule has 0 saturated heterocycles. The van der Waals surface area contributed by atoms with Crippen LogP contribution in [0.2, 0.25) is 0 Å². The topological polar surface area (TPSA) is 156 Å². The maximum absolute atomic E-state index is 11.2. The van der Waals surface area contributed by atoms with Gasteiger partial charge in [-0.3, -0.25) is 0 Å². The molecule has 13 heteroatoms. The van der Waals surface area contributed by atoms with Crippen LogP contribution in [0.5, 0.6) is 11.5 Å². The molecule has 5 aromatic rings. The molecule has 5 rings (SSSR count). The van der Waals surface area contributed by atoms with Crippen LogP contribution >= 0.6 is 0 Å². The first-order valence-electron chi connectivity index (χ1n) is 13.3. The van der Waals surface area contributed by atoms with Crippen LogP contribution in [0.1, 0.15) is 59.2 Å². The summed E-state index contributed by atoms with van der Waals surface area (Å²) in [7, 11) is 2.03. The molecule has 0 fully saturated rings. The molecule has 2 N–H and O–H groups in total. The van der Waals surface area contributed by atoms with Crippen LogP contribution in [-0.4, -0.2) is 76.4 Å². The molecule has 0 saturated carbocycles. The van der Waals surface area contributed by atoms with Crippen molar-refractivity contribution in [3.05, 3.63) is 100 Å². The zero-order chi connectivity index (χ0) is 29.8. The van der Waals surface area contributed by atoms with Gasteiger partial charge in [0.2, 0.25) is 0 Å². The third kappa shape index (κ3) is 5.99. The zero-order valence-electron chi connectivity index (χ0n) is 23.9. The van der Waals surface area contributed by atoms with Gasteiger partial charge in [0.1, 0.15) is 11.5 Å². The minimum Gasteiger partial charge on any atom is -0.508 e. The summed E-state index contributed by atoms with van der Waals surface area (Å²) in [6.45, 7) is 7.73. The Balaban J connectivity index is 1.64. The van der Waals surface area contributed by atoms with E-state index in [4.69, 9.17) is 0 Å². The van der Waals surface area contributed by atoms with Gasteiger partial charge in [0.15, 0.2) is 11.6 Å². The van der Waals surface area contributed by atoms with Crippen molar-refractivity contribution in [1.82, 2.24) is 40.6 Å². The van der Waals surface area contributed by atoms with Crippen molar-refractivity contribution in [3.63, 3.8) is 0 Å². The number of benzene rings is 3. The maximum atomic E-state index is 11.2. The van der Waals surface area contributed by atoms with E-state index in [1.165, 1.54) is 9.58 Å². The highest BCUT2D eigenvalue weighted by molar-refractivity contribution is 5.82. The fourth-order valence-electron chi connectivity index (χ4n) is 4.43. The highest BCUT2D eigenvalue weighted by Crippen LogP contribution is 2.42. The van der Waals surface area contributed by atoms with Gasteiger partial charge in [0.25, 0.3) is 0 Å². The Hall–Kier alpha value is -5.46. The minimum atomic E-state index is -0.545. The summed E-state index contributed by atoms with van der Waals surface area (Å²) in [5, 5.41) is 53.7. The van der Waals surface area contributed by atoms with E-state index in [2.05, 4.69) is 66.1 Å². The van der Waals surface area contributed by atoms with Crippen LogP contribution < -0.4 is 4.90 Å². The van der Waals surface area contributed by atoms with E-state index in [-0.39, 0.29) is 17.5 Å². The molecule has 0 spiro atoms. The van der Waals surface area contributed by atoms with Crippen LogP contribution in [0.15, 0.2) is 70.9 Å². The molecule has 2 aromatic heterocycles. The molecule has 2 heterocycles. The molecule has 13 nitrogen and oxygen atoms in total. The molecule has 0 amide bonds. The lowest BCUT2D eigenvalue weighted by Gasteiger charge is -2.27. The van der Waals surface area contributed by atoms with Crippen molar-refractivity contribution in [2.75, 3.05) is 11.9 Å². The molecule has 0 aliphatic carbocycles. The zero-order valence-corrected chi connectivity index (χ0v) is 23.9. The summed E-state index contributed by atoms with van der Waals surface area (Å²) in [4.78, 5) is 4.79. The van der Waals surface area contributed by atoms with Crippen molar-refractivity contribution >= 4 is 18.1 Å². The number of aromatic hydroxyl groups is 2. The van der Waals surface area contributed by atoms with Gasteiger partial charge in [-0.1, -0.05) is 12.1 Å². The third-order valence-electron chi connectivity index (χ3n) is 6.95. The summed E-state index contributed by atoms with van der Waals surface area (Å²) >= 11 is 0. The monoisotopic (exact) mass is 565 g/mol. The van der Waals surface area contributed by atoms with E-state index in [1.54, 1.807) is 50.5 Å². The van der Waals surface area contributed by atoms with E-state index in [0.29, 0.717) is 33.9 Å². The number of phenols is 2. The molecule has 3 aromatic carbocycles. The summed E-state index contributed by atoms with van der Waals surface area (Å²) in [6, 6.07) is 18.7. The van der Waals surface area contributed by atoms with Crippen LogP contribution in [0.3, 0.4) is 0 Å². The summed E-state index contributed by atoms with van der Waals surface area (Å²) < 4.78 is 0. The van der Waals surface area contributed by atoms with Gasteiger partial charge in [0.05, 0.1) is 12.4 Å². The first-order chi connectivity index (χ1) is 20.2. The van der Waals surface area contributed by atoms with Gasteiger partial charge in [-0.05, 0) is 114 Å². The van der Waals surface area contributed by atoms with Crippen molar-refractivity contribution in [2.45, 2.75) is 39.7 Å². The van der Waals surface area contributed by atoms with Crippen LogP contribution in [0, 0.1) is 13.8 Å². The Morgan fingerprint density at radius 1 is 0.762 bits per heavy atom. The fourth-order valence-corrected chi connectivity index (χ4v) is 4.43. The molecule has 0 unspecified atom stereocenters. The number of tetrazole rings is 2.